The first-order valence-corrected chi connectivity index (χ1v) is 5.04. The van der Waals surface area contributed by atoms with Crippen LogP contribution in [0, 0.1) is 0 Å². The highest BCUT2D eigenvalue weighted by molar-refractivity contribution is 9.18. The van der Waals surface area contributed by atoms with E-state index in [1.807, 2.05) is 0 Å². The highest BCUT2D eigenvalue weighted by atomic mass is 79.9. The van der Waals surface area contributed by atoms with E-state index in [1.54, 1.807) is 0 Å². The molecule has 0 bridgehead atoms. The molecule has 0 radical (unpaired) electrons. The minimum atomic E-state index is -0.684. The number of hydrogen-bond acceptors (Lipinski definition) is 4. The van der Waals surface area contributed by atoms with Crippen LogP contribution in [-0.2, 0) is 19.1 Å². The second kappa shape index (κ2) is 6.26. The summed E-state index contributed by atoms with van der Waals surface area (Å²) in [6.07, 6.45) is -0.690. The fraction of sp³-hybridized carbons (Fsp3) is 0.571. The Kier molecular flexibility index (Phi) is 6.15. The molecule has 0 aromatic rings. The number of rotatable bonds is 5. The van der Waals surface area contributed by atoms with Crippen molar-refractivity contribution in [3.05, 3.63) is 0 Å². The zero-order valence-corrected chi connectivity index (χ0v) is 10.1. The van der Waals surface area contributed by atoms with Crippen LogP contribution in [0.15, 0.2) is 0 Å². The molecule has 0 aliphatic carbocycles. The van der Waals surface area contributed by atoms with Crippen LogP contribution in [0.1, 0.15) is 19.8 Å². The van der Waals surface area contributed by atoms with E-state index in [-0.39, 0.29) is 22.2 Å². The average Bonchev–Trinajstić information content (AvgIpc) is 1.80. The Morgan fingerprint density at radius 1 is 1.15 bits per heavy atom. The minimum Gasteiger partial charge on any atom is -0.462 e. The Bertz CT molecular complexity index is 188. The first-order chi connectivity index (χ1) is 5.91. The predicted molar refractivity (Wildman–Crippen MR) is 52.7 cm³/mol. The van der Waals surface area contributed by atoms with Gasteiger partial charge in [0, 0.05) is 6.92 Å². The summed E-state index contributed by atoms with van der Waals surface area (Å²) < 4.78 is 4.13. The van der Waals surface area contributed by atoms with Crippen molar-refractivity contribution in [3.63, 3.8) is 0 Å². The Balaban J connectivity index is 4.10. The molecule has 0 rings (SSSR count). The number of carbonyl (C=O) groups excluding carboxylic acids is 3. The predicted octanol–water partition coefficient (Wildman–Crippen LogP) is 1.54. The summed E-state index contributed by atoms with van der Waals surface area (Å²) in [5.41, 5.74) is 0. The lowest BCUT2D eigenvalue weighted by molar-refractivity contribution is -0.147. The first kappa shape index (κ1) is 12.8. The van der Waals surface area contributed by atoms with E-state index in [9.17, 15) is 14.4 Å². The van der Waals surface area contributed by atoms with E-state index < -0.39 is 12.1 Å². The lowest BCUT2D eigenvalue weighted by Crippen LogP contribution is -2.20. The number of esters is 1. The molecule has 0 aromatic carbocycles. The van der Waals surface area contributed by atoms with Crippen molar-refractivity contribution in [2.45, 2.75) is 25.9 Å². The van der Waals surface area contributed by atoms with Gasteiger partial charge in [-0.25, -0.2) is 0 Å². The maximum absolute atomic E-state index is 10.6. The minimum absolute atomic E-state index is 0.00306. The van der Waals surface area contributed by atoms with Crippen LogP contribution in [-0.4, -0.2) is 21.5 Å². The molecule has 0 aliphatic rings. The fourth-order valence-corrected chi connectivity index (χ4v) is 1.47. The standard InChI is InChI=1S/C7H8Br2O4/c1-4(10)13-5(2-6(8)11)3-7(9)12/h5H,2-3H2,1H3. The third-order valence-electron chi connectivity index (χ3n) is 1.11. The van der Waals surface area contributed by atoms with Gasteiger partial charge in [-0.15, -0.1) is 0 Å². The summed E-state index contributed by atoms with van der Waals surface area (Å²) in [4.78, 5) is 31.8. The van der Waals surface area contributed by atoms with Gasteiger partial charge in [0.1, 0.15) is 6.10 Å². The van der Waals surface area contributed by atoms with E-state index >= 15 is 0 Å². The number of carbonyl (C=O) groups is 3. The maximum atomic E-state index is 10.6. The van der Waals surface area contributed by atoms with Gasteiger partial charge >= 0.3 is 5.97 Å². The van der Waals surface area contributed by atoms with Crippen LogP contribution >= 0.6 is 31.9 Å². The van der Waals surface area contributed by atoms with Gasteiger partial charge in [-0.1, -0.05) is 0 Å². The largest absolute Gasteiger partial charge is 0.462 e. The quantitative estimate of drug-likeness (QED) is 0.570. The van der Waals surface area contributed by atoms with Gasteiger partial charge in [-0.2, -0.15) is 0 Å². The molecule has 6 heteroatoms. The van der Waals surface area contributed by atoms with Crippen molar-refractivity contribution >= 4 is 47.2 Å². The SMILES string of the molecule is CC(=O)OC(CC(=O)Br)CC(=O)Br. The molecule has 0 aliphatic heterocycles. The van der Waals surface area contributed by atoms with Crippen LogP contribution in [0.25, 0.3) is 0 Å². The Morgan fingerprint density at radius 3 is 1.77 bits per heavy atom. The Labute approximate surface area is 92.3 Å². The Hall–Kier alpha value is -0.230. The smallest absolute Gasteiger partial charge is 0.302 e. The molecule has 4 nitrogen and oxygen atoms in total. The van der Waals surface area contributed by atoms with E-state index in [1.165, 1.54) is 6.92 Å². The molecule has 0 fully saturated rings. The first-order valence-electron chi connectivity index (χ1n) is 3.45. The van der Waals surface area contributed by atoms with Gasteiger partial charge < -0.3 is 4.74 Å². The lowest BCUT2D eigenvalue weighted by atomic mass is 10.2. The van der Waals surface area contributed by atoms with Crippen molar-refractivity contribution in [3.8, 4) is 0 Å². The molecule has 0 N–H and O–H groups in total. The zero-order chi connectivity index (χ0) is 10.4. The molecule has 0 atom stereocenters. The van der Waals surface area contributed by atoms with Gasteiger partial charge in [-0.3, -0.25) is 14.4 Å². The van der Waals surface area contributed by atoms with E-state index in [0.29, 0.717) is 0 Å². The third-order valence-corrected chi connectivity index (χ3v) is 1.76. The van der Waals surface area contributed by atoms with Crippen LogP contribution in [0.4, 0.5) is 0 Å². The summed E-state index contributed by atoms with van der Waals surface area (Å²) in [5, 5.41) is 0. The van der Waals surface area contributed by atoms with Crippen molar-refractivity contribution in [2.75, 3.05) is 0 Å². The van der Waals surface area contributed by atoms with Gasteiger partial charge in [0.2, 0.25) is 9.39 Å². The molecule has 74 valence electrons. The van der Waals surface area contributed by atoms with Crippen molar-refractivity contribution in [2.24, 2.45) is 0 Å². The van der Waals surface area contributed by atoms with Crippen LogP contribution in [0.5, 0.6) is 0 Å². The summed E-state index contributed by atoms with van der Waals surface area (Å²) in [6, 6.07) is 0. The van der Waals surface area contributed by atoms with Crippen LogP contribution < -0.4 is 0 Å². The molecular weight excluding hydrogens is 308 g/mol. The summed E-state index contributed by atoms with van der Waals surface area (Å²) in [5.74, 6) is -0.507. The third kappa shape index (κ3) is 8.11. The second-order valence-corrected chi connectivity index (χ2v) is 4.12. The molecule has 0 aromatic heterocycles. The molecule has 0 heterocycles. The van der Waals surface area contributed by atoms with Gasteiger partial charge in [-0.05, 0) is 31.9 Å². The Morgan fingerprint density at radius 2 is 1.54 bits per heavy atom. The van der Waals surface area contributed by atoms with Crippen molar-refractivity contribution in [1.29, 1.82) is 0 Å². The topological polar surface area (TPSA) is 60.4 Å². The van der Waals surface area contributed by atoms with E-state index in [0.717, 1.165) is 0 Å². The monoisotopic (exact) mass is 314 g/mol. The maximum Gasteiger partial charge on any atom is 0.302 e. The number of ether oxygens (including phenoxy) is 1. The molecule has 0 unspecified atom stereocenters. The van der Waals surface area contributed by atoms with Gasteiger partial charge in [0.25, 0.3) is 0 Å². The summed E-state index contributed by atoms with van der Waals surface area (Å²) >= 11 is 5.40. The zero-order valence-electron chi connectivity index (χ0n) is 6.88. The van der Waals surface area contributed by atoms with Gasteiger partial charge in [0.15, 0.2) is 0 Å². The fourth-order valence-electron chi connectivity index (χ4n) is 0.748. The molecule has 0 saturated heterocycles. The van der Waals surface area contributed by atoms with Gasteiger partial charge in [0.05, 0.1) is 12.8 Å². The highest BCUT2D eigenvalue weighted by Crippen LogP contribution is 2.10. The molecular formula is C7H8Br2O4. The van der Waals surface area contributed by atoms with Crippen molar-refractivity contribution < 1.29 is 19.1 Å². The number of hydrogen-bond donors (Lipinski definition) is 0. The highest BCUT2D eigenvalue weighted by Gasteiger charge is 2.17. The van der Waals surface area contributed by atoms with E-state index in [2.05, 4.69) is 31.9 Å². The van der Waals surface area contributed by atoms with Crippen LogP contribution in [0.2, 0.25) is 0 Å². The molecule has 0 amide bonds. The summed E-state index contributed by atoms with van der Waals surface area (Å²) in [6.45, 7) is 1.23. The van der Waals surface area contributed by atoms with Crippen LogP contribution in [0.3, 0.4) is 0 Å². The normalized spacial score (nSPS) is 9.85. The molecule has 0 saturated carbocycles. The second-order valence-electron chi connectivity index (χ2n) is 2.35. The van der Waals surface area contributed by atoms with Crippen molar-refractivity contribution in [1.82, 2.24) is 0 Å². The lowest BCUT2D eigenvalue weighted by Gasteiger charge is -2.12. The molecule has 0 spiro atoms. The number of halogens is 2. The van der Waals surface area contributed by atoms with E-state index in [4.69, 9.17) is 4.74 Å². The summed E-state index contributed by atoms with van der Waals surface area (Å²) in [7, 11) is 0. The molecule has 13 heavy (non-hydrogen) atoms. The average molecular weight is 316 g/mol.